The molecule has 0 spiro atoms. The summed E-state index contributed by atoms with van der Waals surface area (Å²) >= 11 is 0. The molecule has 0 radical (unpaired) electrons. The second-order valence-corrected chi connectivity index (χ2v) is 5.50. The number of piperidine rings is 1. The largest absolute Gasteiger partial charge is 0.399 e. The predicted octanol–water partition coefficient (Wildman–Crippen LogP) is 2.39. The van der Waals surface area contributed by atoms with Crippen LogP contribution in [-0.2, 0) is 4.74 Å². The van der Waals surface area contributed by atoms with Gasteiger partial charge in [-0.25, -0.2) is 0 Å². The number of anilines is 1. The zero-order chi connectivity index (χ0) is 14.8. The Labute approximate surface area is 124 Å². The average molecular weight is 287 g/mol. The number of nitrogens with one attached hydrogen (secondary N) is 1. The molecule has 1 aliphatic rings. The van der Waals surface area contributed by atoms with Gasteiger partial charge in [-0.05, 0) is 44.0 Å². The van der Waals surface area contributed by atoms with Crippen molar-refractivity contribution in [3.63, 3.8) is 0 Å². The van der Waals surface area contributed by atoms with E-state index < -0.39 is 0 Å². The number of aromatic nitrogens is 1. The van der Waals surface area contributed by atoms with Crippen molar-refractivity contribution < 1.29 is 9.53 Å². The molecule has 0 saturated carbocycles. The summed E-state index contributed by atoms with van der Waals surface area (Å²) in [5.74, 6) is 0.0363. The van der Waals surface area contributed by atoms with Crippen molar-refractivity contribution in [1.29, 1.82) is 0 Å². The number of rotatable bonds is 3. The van der Waals surface area contributed by atoms with Crippen molar-refractivity contribution in [3.05, 3.63) is 30.0 Å². The van der Waals surface area contributed by atoms with Gasteiger partial charge in [0.05, 0.1) is 6.10 Å². The molecule has 1 aromatic heterocycles. The quantitative estimate of drug-likeness (QED) is 0.851. The smallest absolute Gasteiger partial charge is 0.270 e. The molecule has 112 valence electrons. The van der Waals surface area contributed by atoms with E-state index in [1.54, 1.807) is 0 Å². The summed E-state index contributed by atoms with van der Waals surface area (Å²) in [6.45, 7) is 4.14. The number of nitrogens with zero attached hydrogens (tertiary/aromatic N) is 1. The van der Waals surface area contributed by atoms with Crippen LogP contribution in [0.3, 0.4) is 0 Å². The van der Waals surface area contributed by atoms with Gasteiger partial charge in [0.25, 0.3) is 5.91 Å². The van der Waals surface area contributed by atoms with E-state index >= 15 is 0 Å². The Bertz CT molecular complexity index is 648. The molecule has 2 heterocycles. The summed E-state index contributed by atoms with van der Waals surface area (Å²) in [6.07, 6.45) is 2.18. The molecule has 1 atom stereocenters. The van der Waals surface area contributed by atoms with Crippen molar-refractivity contribution >= 4 is 22.5 Å². The van der Waals surface area contributed by atoms with Gasteiger partial charge in [-0.15, -0.1) is 0 Å². The van der Waals surface area contributed by atoms with Crippen molar-refractivity contribution in [2.75, 3.05) is 25.4 Å². The highest BCUT2D eigenvalue weighted by molar-refractivity contribution is 5.98. The maximum absolute atomic E-state index is 12.6. The maximum atomic E-state index is 12.6. The second kappa shape index (κ2) is 5.77. The van der Waals surface area contributed by atoms with Gasteiger partial charge in [-0.2, -0.15) is 0 Å². The number of carbonyl (C=O) groups excluding carboxylic acids is 1. The van der Waals surface area contributed by atoms with Crippen molar-refractivity contribution in [2.45, 2.75) is 25.9 Å². The highest BCUT2D eigenvalue weighted by Crippen LogP contribution is 2.21. The number of carbonyl (C=O) groups is 1. The third-order valence-electron chi connectivity index (χ3n) is 3.94. The van der Waals surface area contributed by atoms with E-state index in [1.165, 1.54) is 0 Å². The van der Waals surface area contributed by atoms with E-state index in [9.17, 15) is 4.79 Å². The molecule has 1 aromatic carbocycles. The third-order valence-corrected chi connectivity index (χ3v) is 3.94. The van der Waals surface area contributed by atoms with Gasteiger partial charge in [0, 0.05) is 36.3 Å². The molecule has 5 heteroatoms. The first-order valence-corrected chi connectivity index (χ1v) is 7.46. The van der Waals surface area contributed by atoms with Crippen LogP contribution < -0.4 is 5.73 Å². The number of nitrogens with two attached hydrogens (primary N) is 1. The third kappa shape index (κ3) is 2.88. The van der Waals surface area contributed by atoms with Gasteiger partial charge in [0.2, 0.25) is 0 Å². The number of H-pyrrole nitrogens is 1. The normalized spacial score (nSPS) is 19.1. The lowest BCUT2D eigenvalue weighted by molar-refractivity contribution is 0.00707. The Kier molecular flexibility index (Phi) is 3.84. The monoisotopic (exact) mass is 287 g/mol. The van der Waals surface area contributed by atoms with Crippen LogP contribution >= 0.6 is 0 Å². The summed E-state index contributed by atoms with van der Waals surface area (Å²) in [5.41, 5.74) is 8.04. The van der Waals surface area contributed by atoms with Crippen LogP contribution in [-0.4, -0.2) is 41.6 Å². The Morgan fingerprint density at radius 3 is 3.14 bits per heavy atom. The van der Waals surface area contributed by atoms with Crippen LogP contribution in [0.5, 0.6) is 0 Å². The van der Waals surface area contributed by atoms with Gasteiger partial charge < -0.3 is 20.4 Å². The Morgan fingerprint density at radius 2 is 2.33 bits per heavy atom. The van der Waals surface area contributed by atoms with E-state index in [0.717, 1.165) is 30.3 Å². The molecule has 3 N–H and O–H groups in total. The molecule has 1 amide bonds. The number of benzene rings is 1. The fourth-order valence-corrected chi connectivity index (χ4v) is 2.93. The molecular formula is C16H21N3O2. The number of nitrogen functional groups attached to an aromatic ring is 1. The van der Waals surface area contributed by atoms with E-state index in [0.29, 0.717) is 24.5 Å². The molecule has 1 aliphatic heterocycles. The van der Waals surface area contributed by atoms with Crippen LogP contribution in [0, 0.1) is 0 Å². The number of aromatic amines is 1. The molecular weight excluding hydrogens is 266 g/mol. The summed E-state index contributed by atoms with van der Waals surface area (Å²) < 4.78 is 5.65. The SMILES string of the molecule is CCOC1CCCN(C(=O)c2cc3cc(N)ccc3[nH]2)C1. The van der Waals surface area contributed by atoms with Gasteiger partial charge in [-0.3, -0.25) is 4.79 Å². The molecule has 0 aliphatic carbocycles. The topological polar surface area (TPSA) is 71.3 Å². The van der Waals surface area contributed by atoms with Crippen molar-refractivity contribution in [3.8, 4) is 0 Å². The number of ether oxygens (including phenoxy) is 1. The van der Waals surface area contributed by atoms with E-state index in [4.69, 9.17) is 10.5 Å². The van der Waals surface area contributed by atoms with Gasteiger partial charge in [0.1, 0.15) is 5.69 Å². The summed E-state index contributed by atoms with van der Waals surface area (Å²) in [5, 5.41) is 0.969. The minimum atomic E-state index is 0.0363. The number of hydrogen-bond acceptors (Lipinski definition) is 3. The van der Waals surface area contributed by atoms with Gasteiger partial charge in [-0.1, -0.05) is 0 Å². The molecule has 1 unspecified atom stereocenters. The van der Waals surface area contributed by atoms with E-state index in [2.05, 4.69) is 4.98 Å². The molecule has 5 nitrogen and oxygen atoms in total. The van der Waals surface area contributed by atoms with Gasteiger partial charge in [0.15, 0.2) is 0 Å². The second-order valence-electron chi connectivity index (χ2n) is 5.50. The van der Waals surface area contributed by atoms with Crippen LogP contribution in [0.25, 0.3) is 10.9 Å². The first kappa shape index (κ1) is 13.9. The molecule has 0 bridgehead atoms. The number of likely N-dealkylation sites (tertiary alicyclic amines) is 1. The highest BCUT2D eigenvalue weighted by atomic mass is 16.5. The van der Waals surface area contributed by atoms with Crippen LogP contribution in [0.15, 0.2) is 24.3 Å². The van der Waals surface area contributed by atoms with Crippen LogP contribution in [0.1, 0.15) is 30.3 Å². The first-order valence-electron chi connectivity index (χ1n) is 7.46. The molecule has 21 heavy (non-hydrogen) atoms. The predicted molar refractivity (Wildman–Crippen MR) is 83.3 cm³/mol. The Balaban J connectivity index is 1.79. The highest BCUT2D eigenvalue weighted by Gasteiger charge is 2.25. The van der Waals surface area contributed by atoms with Crippen LogP contribution in [0.2, 0.25) is 0 Å². The number of hydrogen-bond donors (Lipinski definition) is 2. The lowest BCUT2D eigenvalue weighted by Gasteiger charge is -2.32. The summed E-state index contributed by atoms with van der Waals surface area (Å²) in [4.78, 5) is 17.7. The number of fused-ring (bicyclic) bond motifs is 1. The minimum Gasteiger partial charge on any atom is -0.399 e. The lowest BCUT2D eigenvalue weighted by atomic mass is 10.1. The number of amides is 1. The minimum absolute atomic E-state index is 0.0363. The molecule has 1 saturated heterocycles. The molecule has 3 rings (SSSR count). The van der Waals surface area contributed by atoms with Crippen molar-refractivity contribution in [1.82, 2.24) is 9.88 Å². The lowest BCUT2D eigenvalue weighted by Crippen LogP contribution is -2.43. The Morgan fingerprint density at radius 1 is 1.48 bits per heavy atom. The Hall–Kier alpha value is -2.01. The summed E-state index contributed by atoms with van der Waals surface area (Å²) in [7, 11) is 0. The van der Waals surface area contributed by atoms with E-state index in [-0.39, 0.29) is 12.0 Å². The maximum Gasteiger partial charge on any atom is 0.270 e. The fourth-order valence-electron chi connectivity index (χ4n) is 2.93. The zero-order valence-corrected chi connectivity index (χ0v) is 12.3. The van der Waals surface area contributed by atoms with Crippen LogP contribution in [0.4, 0.5) is 5.69 Å². The summed E-state index contributed by atoms with van der Waals surface area (Å²) in [6, 6.07) is 7.49. The average Bonchev–Trinajstić information content (AvgIpc) is 2.90. The molecule has 2 aromatic rings. The molecule has 1 fully saturated rings. The first-order chi connectivity index (χ1) is 10.2. The van der Waals surface area contributed by atoms with Crippen molar-refractivity contribution in [2.24, 2.45) is 0 Å². The fraction of sp³-hybridized carbons (Fsp3) is 0.438. The van der Waals surface area contributed by atoms with E-state index in [1.807, 2.05) is 36.1 Å². The van der Waals surface area contributed by atoms with Gasteiger partial charge >= 0.3 is 0 Å². The standard InChI is InChI=1S/C16H21N3O2/c1-2-21-13-4-3-7-19(10-13)16(20)15-9-11-8-12(17)5-6-14(11)18-15/h5-6,8-9,13,18H,2-4,7,10,17H2,1H3. The zero-order valence-electron chi connectivity index (χ0n) is 12.3.